The number of carbonyl (C=O) groups excluding carboxylic acids is 2. The summed E-state index contributed by atoms with van der Waals surface area (Å²) >= 11 is 0. The van der Waals surface area contributed by atoms with Crippen molar-refractivity contribution >= 4 is 18.3 Å². The molecule has 0 bridgehead atoms. The van der Waals surface area contributed by atoms with Gasteiger partial charge in [0.15, 0.2) is 0 Å². The number of ether oxygens (including phenoxy) is 1. The van der Waals surface area contributed by atoms with Gasteiger partial charge < -0.3 is 15.2 Å². The predicted molar refractivity (Wildman–Crippen MR) is 84.0 cm³/mol. The SMILES string of the molecule is CC(C)(C)OC(=O)C(C)(C)Cc1cn(CC(NC=O)C(=O)O)nn1. The third-order valence-electron chi connectivity index (χ3n) is 3.10. The average Bonchev–Trinajstić information content (AvgIpc) is 2.82. The molecule has 134 valence electrons. The lowest BCUT2D eigenvalue weighted by molar-refractivity contribution is -0.165. The smallest absolute Gasteiger partial charge is 0.328 e. The zero-order chi connectivity index (χ0) is 18.5. The van der Waals surface area contributed by atoms with Gasteiger partial charge in [0, 0.05) is 12.6 Å². The Balaban J connectivity index is 2.76. The standard InChI is InChI=1S/C15H24N4O5/c1-14(2,3)24-13(23)15(4,5)6-10-7-19(18-17-10)8-11(12(21)22)16-9-20/h7,9,11H,6,8H2,1-5H3,(H,16,20)(H,21,22). The number of aliphatic carboxylic acids is 1. The first-order valence-electron chi connectivity index (χ1n) is 7.49. The maximum Gasteiger partial charge on any atom is 0.328 e. The first-order valence-corrected chi connectivity index (χ1v) is 7.49. The maximum atomic E-state index is 12.2. The van der Waals surface area contributed by atoms with Gasteiger partial charge in [0.2, 0.25) is 6.41 Å². The minimum Gasteiger partial charge on any atom is -0.480 e. The van der Waals surface area contributed by atoms with Crippen LogP contribution >= 0.6 is 0 Å². The number of rotatable bonds is 8. The number of carbonyl (C=O) groups is 3. The molecule has 0 fully saturated rings. The van der Waals surface area contributed by atoms with Gasteiger partial charge in [0.05, 0.1) is 17.7 Å². The summed E-state index contributed by atoms with van der Waals surface area (Å²) in [6, 6.07) is -1.10. The second kappa shape index (κ2) is 7.41. The Morgan fingerprint density at radius 1 is 1.38 bits per heavy atom. The van der Waals surface area contributed by atoms with Crippen LogP contribution in [0.3, 0.4) is 0 Å². The van der Waals surface area contributed by atoms with Gasteiger partial charge in [-0.15, -0.1) is 5.10 Å². The summed E-state index contributed by atoms with van der Waals surface area (Å²) in [4.78, 5) is 33.7. The molecular weight excluding hydrogens is 316 g/mol. The average molecular weight is 340 g/mol. The first-order chi connectivity index (χ1) is 10.9. The van der Waals surface area contributed by atoms with Crippen molar-refractivity contribution < 1.29 is 24.2 Å². The van der Waals surface area contributed by atoms with Crippen LogP contribution in [0.2, 0.25) is 0 Å². The predicted octanol–water partition coefficient (Wildman–Crippen LogP) is 0.388. The molecule has 0 aliphatic rings. The molecule has 0 saturated carbocycles. The van der Waals surface area contributed by atoms with Gasteiger partial charge in [0.25, 0.3) is 0 Å². The van der Waals surface area contributed by atoms with E-state index >= 15 is 0 Å². The minimum absolute atomic E-state index is 0.0616. The largest absolute Gasteiger partial charge is 0.480 e. The normalized spacial score (nSPS) is 13.2. The van der Waals surface area contributed by atoms with E-state index in [0.717, 1.165) is 0 Å². The molecule has 0 aliphatic carbocycles. The number of hydrogen-bond acceptors (Lipinski definition) is 6. The van der Waals surface area contributed by atoms with E-state index < -0.39 is 23.0 Å². The van der Waals surface area contributed by atoms with E-state index in [1.165, 1.54) is 4.68 Å². The molecule has 0 aromatic carbocycles. The Bertz CT molecular complexity index is 603. The molecular formula is C15H24N4O5. The lowest BCUT2D eigenvalue weighted by atomic mass is 9.88. The van der Waals surface area contributed by atoms with Crippen molar-refractivity contribution in [2.75, 3.05) is 0 Å². The van der Waals surface area contributed by atoms with Gasteiger partial charge in [-0.2, -0.15) is 0 Å². The molecule has 1 heterocycles. The van der Waals surface area contributed by atoms with E-state index in [1.54, 1.807) is 40.8 Å². The fraction of sp³-hybridized carbons (Fsp3) is 0.667. The highest BCUT2D eigenvalue weighted by Crippen LogP contribution is 2.25. The summed E-state index contributed by atoms with van der Waals surface area (Å²) in [5.41, 5.74) is -0.858. The van der Waals surface area contributed by atoms with Crippen molar-refractivity contribution in [3.63, 3.8) is 0 Å². The monoisotopic (exact) mass is 340 g/mol. The molecule has 1 rings (SSSR count). The quantitative estimate of drug-likeness (QED) is 0.518. The highest BCUT2D eigenvalue weighted by Gasteiger charge is 2.33. The van der Waals surface area contributed by atoms with Crippen LogP contribution in [0.4, 0.5) is 0 Å². The van der Waals surface area contributed by atoms with Gasteiger partial charge in [-0.05, 0) is 34.6 Å². The number of carboxylic acid groups (broad SMARTS) is 1. The lowest BCUT2D eigenvalue weighted by Crippen LogP contribution is -2.39. The molecule has 0 aliphatic heterocycles. The molecule has 1 atom stereocenters. The highest BCUT2D eigenvalue weighted by atomic mass is 16.6. The Morgan fingerprint density at radius 3 is 2.50 bits per heavy atom. The minimum atomic E-state index is -1.17. The lowest BCUT2D eigenvalue weighted by Gasteiger charge is -2.27. The first kappa shape index (κ1) is 19.6. The van der Waals surface area contributed by atoms with Gasteiger partial charge >= 0.3 is 11.9 Å². The van der Waals surface area contributed by atoms with Crippen LogP contribution in [-0.2, 0) is 32.1 Å². The fourth-order valence-electron chi connectivity index (χ4n) is 1.92. The molecule has 0 saturated heterocycles. The molecule has 1 aromatic heterocycles. The summed E-state index contributed by atoms with van der Waals surface area (Å²) in [6.45, 7) is 8.81. The Hall–Kier alpha value is -2.45. The number of aromatic nitrogens is 3. The van der Waals surface area contributed by atoms with E-state index in [4.69, 9.17) is 9.84 Å². The summed E-state index contributed by atoms with van der Waals surface area (Å²) in [5, 5.41) is 19.0. The van der Waals surface area contributed by atoms with Gasteiger partial charge in [0.1, 0.15) is 11.6 Å². The van der Waals surface area contributed by atoms with Crippen molar-refractivity contribution in [3.05, 3.63) is 11.9 Å². The van der Waals surface area contributed by atoms with Crippen LogP contribution in [0.5, 0.6) is 0 Å². The molecule has 0 spiro atoms. The Labute approximate surface area is 140 Å². The third-order valence-corrected chi connectivity index (χ3v) is 3.10. The van der Waals surface area contributed by atoms with Crippen LogP contribution in [0.1, 0.15) is 40.3 Å². The van der Waals surface area contributed by atoms with Gasteiger partial charge in [-0.1, -0.05) is 5.21 Å². The van der Waals surface area contributed by atoms with Crippen molar-refractivity contribution in [2.24, 2.45) is 5.41 Å². The van der Waals surface area contributed by atoms with Crippen LogP contribution < -0.4 is 5.32 Å². The molecule has 24 heavy (non-hydrogen) atoms. The molecule has 1 unspecified atom stereocenters. The molecule has 2 N–H and O–H groups in total. The number of hydrogen-bond donors (Lipinski definition) is 2. The van der Waals surface area contributed by atoms with Gasteiger partial charge in [-0.3, -0.25) is 9.59 Å². The van der Waals surface area contributed by atoms with E-state index in [1.807, 2.05) is 0 Å². The fourth-order valence-corrected chi connectivity index (χ4v) is 1.92. The molecule has 9 heteroatoms. The van der Waals surface area contributed by atoms with Crippen LogP contribution in [-0.4, -0.2) is 50.1 Å². The zero-order valence-corrected chi connectivity index (χ0v) is 14.6. The number of nitrogens with zero attached hydrogens (tertiary/aromatic N) is 3. The molecule has 1 amide bonds. The summed E-state index contributed by atoms with van der Waals surface area (Å²) in [5.74, 6) is -1.52. The second-order valence-corrected chi connectivity index (χ2v) is 7.17. The van der Waals surface area contributed by atoms with Crippen molar-refractivity contribution in [2.45, 2.75) is 59.2 Å². The number of esters is 1. The molecule has 1 aromatic rings. The van der Waals surface area contributed by atoms with Crippen LogP contribution in [0.25, 0.3) is 0 Å². The van der Waals surface area contributed by atoms with E-state index in [0.29, 0.717) is 18.5 Å². The summed E-state index contributed by atoms with van der Waals surface area (Å²) in [7, 11) is 0. The van der Waals surface area contributed by atoms with Crippen LogP contribution in [0, 0.1) is 5.41 Å². The highest BCUT2D eigenvalue weighted by molar-refractivity contribution is 5.77. The van der Waals surface area contributed by atoms with Crippen molar-refractivity contribution in [3.8, 4) is 0 Å². The van der Waals surface area contributed by atoms with E-state index in [9.17, 15) is 14.4 Å². The second-order valence-electron chi connectivity index (χ2n) is 7.17. The third kappa shape index (κ3) is 5.98. The zero-order valence-electron chi connectivity index (χ0n) is 14.6. The summed E-state index contributed by atoms with van der Waals surface area (Å²) < 4.78 is 6.70. The van der Waals surface area contributed by atoms with Crippen molar-refractivity contribution in [1.29, 1.82) is 0 Å². The Kier molecular flexibility index (Phi) is 6.05. The van der Waals surface area contributed by atoms with Crippen molar-refractivity contribution in [1.82, 2.24) is 20.3 Å². The number of amides is 1. The number of carboxylic acids is 1. The number of nitrogens with one attached hydrogen (secondary N) is 1. The summed E-state index contributed by atoms with van der Waals surface area (Å²) in [6.07, 6.45) is 2.16. The molecule has 0 radical (unpaired) electrons. The Morgan fingerprint density at radius 2 is 2.00 bits per heavy atom. The maximum absolute atomic E-state index is 12.2. The topological polar surface area (TPSA) is 123 Å². The van der Waals surface area contributed by atoms with E-state index in [-0.39, 0.29) is 12.5 Å². The van der Waals surface area contributed by atoms with Crippen LogP contribution in [0.15, 0.2) is 6.20 Å². The molecule has 9 nitrogen and oxygen atoms in total. The van der Waals surface area contributed by atoms with E-state index in [2.05, 4.69) is 15.6 Å². The van der Waals surface area contributed by atoms with Gasteiger partial charge in [-0.25, -0.2) is 9.48 Å².